The third kappa shape index (κ3) is 3.35. The SMILES string of the molecule is CC(CC/C=C/C=O)C1CCC2C3CCC4(N)CC(N=O)CCC4(C)C3(N)CC(C3CC3)C12C. The molecule has 0 aliphatic heterocycles. The highest BCUT2D eigenvalue weighted by Crippen LogP contribution is 2.73. The van der Waals surface area contributed by atoms with E-state index >= 15 is 0 Å². The summed E-state index contributed by atoms with van der Waals surface area (Å²) in [6, 6.07) is -0.142. The van der Waals surface area contributed by atoms with Crippen LogP contribution < -0.4 is 11.5 Å². The van der Waals surface area contributed by atoms with Crippen LogP contribution >= 0.6 is 0 Å². The largest absolute Gasteiger partial charge is 0.324 e. The number of nitrogens with two attached hydrogens (primary N) is 2. The molecule has 10 atom stereocenters. The van der Waals surface area contributed by atoms with Crippen LogP contribution in [0.3, 0.4) is 0 Å². The van der Waals surface area contributed by atoms with Crippen LogP contribution in [-0.2, 0) is 4.79 Å². The molecule has 0 aromatic carbocycles. The summed E-state index contributed by atoms with van der Waals surface area (Å²) in [6.07, 6.45) is 17.8. The Kier molecular flexibility index (Phi) is 6.16. The van der Waals surface area contributed by atoms with Crippen molar-refractivity contribution in [1.29, 1.82) is 0 Å². The molecular weight excluding hydrogens is 422 g/mol. The predicted molar refractivity (Wildman–Crippen MR) is 137 cm³/mol. The van der Waals surface area contributed by atoms with Crippen LogP contribution in [0.15, 0.2) is 17.3 Å². The number of fused-ring (bicyclic) bond motifs is 5. The van der Waals surface area contributed by atoms with Crippen LogP contribution in [0.4, 0.5) is 0 Å². The molecule has 190 valence electrons. The van der Waals surface area contributed by atoms with Gasteiger partial charge in [0.15, 0.2) is 0 Å². The van der Waals surface area contributed by atoms with Crippen LogP contribution in [0.1, 0.15) is 97.8 Å². The van der Waals surface area contributed by atoms with Gasteiger partial charge >= 0.3 is 0 Å². The Bertz CT molecular complexity index is 841. The first kappa shape index (κ1) is 24.6. The molecule has 0 saturated heterocycles. The zero-order valence-corrected chi connectivity index (χ0v) is 21.7. The van der Waals surface area contributed by atoms with Gasteiger partial charge in [0.05, 0.1) is 6.04 Å². The summed E-state index contributed by atoms with van der Waals surface area (Å²) < 4.78 is 0. The third-order valence-corrected chi connectivity index (χ3v) is 12.5. The topological polar surface area (TPSA) is 98.5 Å². The van der Waals surface area contributed by atoms with E-state index in [0.717, 1.165) is 63.1 Å². The fourth-order valence-electron chi connectivity index (χ4n) is 10.4. The van der Waals surface area contributed by atoms with Gasteiger partial charge in [-0.15, -0.1) is 0 Å². The number of hydrogen-bond acceptors (Lipinski definition) is 5. The minimum atomic E-state index is -0.368. The highest BCUT2D eigenvalue weighted by Gasteiger charge is 2.72. The Morgan fingerprint density at radius 3 is 2.41 bits per heavy atom. The molecule has 5 fully saturated rings. The minimum Gasteiger partial charge on any atom is -0.324 e. The third-order valence-electron chi connectivity index (χ3n) is 12.5. The van der Waals surface area contributed by atoms with Gasteiger partial charge in [-0.25, -0.2) is 0 Å². The van der Waals surface area contributed by atoms with Gasteiger partial charge in [-0.1, -0.05) is 32.0 Å². The highest BCUT2D eigenvalue weighted by molar-refractivity contribution is 5.64. The number of nitroso groups, excluding NO2 is 1. The van der Waals surface area contributed by atoms with Gasteiger partial charge in [0.25, 0.3) is 0 Å². The van der Waals surface area contributed by atoms with Crippen molar-refractivity contribution < 1.29 is 4.79 Å². The minimum absolute atomic E-state index is 0.123. The summed E-state index contributed by atoms with van der Waals surface area (Å²) in [5.41, 5.74) is 14.5. The molecular formula is C29H47N3O2. The number of rotatable bonds is 7. The Balaban J connectivity index is 1.47. The van der Waals surface area contributed by atoms with Gasteiger partial charge in [-0.3, -0.25) is 4.79 Å². The Morgan fingerprint density at radius 1 is 0.971 bits per heavy atom. The molecule has 0 aromatic heterocycles. The first-order valence-electron chi connectivity index (χ1n) is 14.1. The molecule has 5 saturated carbocycles. The maximum absolute atomic E-state index is 11.4. The summed E-state index contributed by atoms with van der Waals surface area (Å²) in [4.78, 5) is 22.1. The van der Waals surface area contributed by atoms with Crippen molar-refractivity contribution in [2.24, 2.45) is 63.0 Å². The zero-order chi connectivity index (χ0) is 24.4. The van der Waals surface area contributed by atoms with E-state index in [1.807, 2.05) is 6.08 Å². The van der Waals surface area contributed by atoms with Gasteiger partial charge in [0, 0.05) is 16.5 Å². The molecule has 4 N–H and O–H groups in total. The predicted octanol–water partition coefficient (Wildman–Crippen LogP) is 5.75. The lowest BCUT2D eigenvalue weighted by Gasteiger charge is -2.71. The second-order valence-corrected chi connectivity index (χ2v) is 13.6. The number of allylic oxidation sites excluding steroid dienone is 2. The molecule has 0 spiro atoms. The number of hydrogen-bond donors (Lipinski definition) is 2. The zero-order valence-electron chi connectivity index (χ0n) is 21.7. The number of carbonyl (C=O) groups is 1. The normalized spacial score (nSPS) is 51.4. The van der Waals surface area contributed by atoms with Gasteiger partial charge in [0.1, 0.15) is 6.29 Å². The van der Waals surface area contributed by atoms with E-state index in [0.29, 0.717) is 35.5 Å². The summed E-state index contributed by atoms with van der Waals surface area (Å²) in [5, 5.41) is 3.43. The second kappa shape index (κ2) is 8.50. The van der Waals surface area contributed by atoms with Crippen molar-refractivity contribution in [2.45, 2.75) is 115 Å². The van der Waals surface area contributed by atoms with Crippen molar-refractivity contribution in [2.75, 3.05) is 0 Å². The van der Waals surface area contributed by atoms with E-state index in [1.54, 1.807) is 6.08 Å². The molecule has 10 unspecified atom stereocenters. The number of nitrogens with zero attached hydrogens (tertiary/aromatic N) is 1. The monoisotopic (exact) mass is 469 g/mol. The summed E-state index contributed by atoms with van der Waals surface area (Å²) in [7, 11) is 0. The van der Waals surface area contributed by atoms with Crippen LogP contribution in [0.5, 0.6) is 0 Å². The van der Waals surface area contributed by atoms with E-state index in [-0.39, 0.29) is 22.5 Å². The molecule has 5 heteroatoms. The maximum atomic E-state index is 11.4. The van der Waals surface area contributed by atoms with Crippen molar-refractivity contribution >= 4 is 6.29 Å². The lowest BCUT2D eigenvalue weighted by Crippen LogP contribution is -2.79. The van der Waals surface area contributed by atoms with Gasteiger partial charge < -0.3 is 11.5 Å². The molecule has 34 heavy (non-hydrogen) atoms. The lowest BCUT2D eigenvalue weighted by atomic mass is 9.37. The molecule has 5 aliphatic rings. The van der Waals surface area contributed by atoms with E-state index in [1.165, 1.54) is 25.7 Å². The average Bonchev–Trinajstić information content (AvgIpc) is 3.59. The standard InChI is InChI=1S/C29H47N3O2/c1-19(7-5-4-6-16-33)22-10-11-23-24-13-15-28(30)17-21(32-34)12-14-26(28,2)29(24,31)18-25(20-8-9-20)27(22,23)3/h4,6,16,19-25H,5,7-15,17-18,30-31H2,1-3H3/b6-4+. The first-order valence-corrected chi connectivity index (χ1v) is 14.1. The van der Waals surface area contributed by atoms with Crippen LogP contribution in [0.2, 0.25) is 0 Å². The molecule has 0 bridgehead atoms. The van der Waals surface area contributed by atoms with Crippen molar-refractivity contribution in [3.8, 4) is 0 Å². The van der Waals surface area contributed by atoms with Crippen LogP contribution in [0, 0.1) is 51.2 Å². The molecule has 5 rings (SSSR count). The summed E-state index contributed by atoms with van der Waals surface area (Å²) in [6.45, 7) is 7.50. The van der Waals surface area contributed by atoms with Gasteiger partial charge in [0.2, 0.25) is 0 Å². The molecule has 0 radical (unpaired) electrons. The number of carbonyl (C=O) groups excluding carboxylic acids is 1. The van der Waals surface area contributed by atoms with Crippen molar-refractivity contribution in [1.82, 2.24) is 0 Å². The maximum Gasteiger partial charge on any atom is 0.142 e. The Labute approximate surface area is 206 Å². The first-order chi connectivity index (χ1) is 16.1. The van der Waals surface area contributed by atoms with E-state index in [2.05, 4.69) is 25.9 Å². The second-order valence-electron chi connectivity index (χ2n) is 13.6. The lowest BCUT2D eigenvalue weighted by molar-refractivity contribution is -0.170. The van der Waals surface area contributed by atoms with E-state index in [4.69, 9.17) is 11.5 Å². The van der Waals surface area contributed by atoms with E-state index in [9.17, 15) is 9.70 Å². The molecule has 5 nitrogen and oxygen atoms in total. The smallest absolute Gasteiger partial charge is 0.142 e. The Morgan fingerprint density at radius 2 is 1.74 bits per heavy atom. The average molecular weight is 470 g/mol. The van der Waals surface area contributed by atoms with E-state index < -0.39 is 0 Å². The molecule has 0 amide bonds. The Hall–Kier alpha value is -1.07. The van der Waals surface area contributed by atoms with Gasteiger partial charge in [-0.2, -0.15) is 4.91 Å². The summed E-state index contributed by atoms with van der Waals surface area (Å²) in [5.74, 6) is 4.12. The number of aldehydes is 1. The quantitative estimate of drug-likeness (QED) is 0.282. The van der Waals surface area contributed by atoms with Crippen molar-refractivity contribution in [3.05, 3.63) is 17.1 Å². The van der Waals surface area contributed by atoms with Crippen LogP contribution in [-0.4, -0.2) is 23.4 Å². The molecule has 0 heterocycles. The fourth-order valence-corrected chi connectivity index (χ4v) is 10.4. The summed E-state index contributed by atoms with van der Waals surface area (Å²) >= 11 is 0. The van der Waals surface area contributed by atoms with Crippen molar-refractivity contribution in [3.63, 3.8) is 0 Å². The fraction of sp³-hybridized carbons (Fsp3) is 0.897. The van der Waals surface area contributed by atoms with Gasteiger partial charge in [-0.05, 0) is 124 Å². The molecule has 0 aromatic rings. The van der Waals surface area contributed by atoms with Crippen LogP contribution in [0.25, 0.3) is 0 Å². The highest BCUT2D eigenvalue weighted by atomic mass is 16.3. The molecule has 5 aliphatic carbocycles.